The average molecular weight is 383 g/mol. The topological polar surface area (TPSA) is 80.3 Å². The Kier molecular flexibility index (Phi) is 5.59. The minimum Gasteiger partial charge on any atom is -0.465 e. The van der Waals surface area contributed by atoms with Gasteiger partial charge in [-0.3, -0.25) is 4.79 Å². The molecule has 8 heteroatoms. The molecule has 2 aromatic carbocycles. The zero-order valence-corrected chi connectivity index (χ0v) is 14.7. The van der Waals surface area contributed by atoms with E-state index in [-0.39, 0.29) is 11.4 Å². The lowest BCUT2D eigenvalue weighted by atomic mass is 10.2. The molecule has 0 spiro atoms. The van der Waals surface area contributed by atoms with Crippen molar-refractivity contribution < 1.29 is 23.1 Å². The molecule has 0 saturated heterocycles. The molecule has 0 unspecified atom stereocenters. The van der Waals surface area contributed by atoms with E-state index in [4.69, 9.17) is 0 Å². The Balaban J connectivity index is 1.63. The number of rotatable bonds is 5. The highest BCUT2D eigenvalue weighted by Gasteiger charge is 2.10. The SMILES string of the molecule is COC(=O)c1ccc(Nc2ccc(NC(=O)c3ccc(F)c(F)c3)nc2)cc1. The summed E-state index contributed by atoms with van der Waals surface area (Å²) in [7, 11) is 1.31. The third-order valence-electron chi connectivity index (χ3n) is 3.78. The quantitative estimate of drug-likeness (QED) is 0.647. The molecule has 0 saturated carbocycles. The van der Waals surface area contributed by atoms with Crippen molar-refractivity contribution in [3.05, 3.63) is 83.6 Å². The van der Waals surface area contributed by atoms with Gasteiger partial charge < -0.3 is 15.4 Å². The molecule has 0 aliphatic heterocycles. The number of pyridine rings is 1. The number of amides is 1. The van der Waals surface area contributed by atoms with Crippen LogP contribution in [0.1, 0.15) is 20.7 Å². The number of ether oxygens (including phenoxy) is 1. The number of nitrogens with one attached hydrogen (secondary N) is 2. The molecule has 0 fully saturated rings. The standard InChI is InChI=1S/C20H15F2N3O3/c1-28-20(27)12-2-5-14(6-3-12)24-15-7-9-18(23-11-15)25-19(26)13-4-8-16(21)17(22)10-13/h2-11,24H,1H3,(H,23,25,26). The van der Waals surface area contributed by atoms with Crippen molar-refractivity contribution in [1.29, 1.82) is 0 Å². The number of halogens is 2. The van der Waals surface area contributed by atoms with Gasteiger partial charge >= 0.3 is 5.97 Å². The summed E-state index contributed by atoms with van der Waals surface area (Å²) in [6, 6.07) is 12.8. The predicted molar refractivity (Wildman–Crippen MR) is 99.6 cm³/mol. The lowest BCUT2D eigenvalue weighted by molar-refractivity contribution is 0.0600. The van der Waals surface area contributed by atoms with E-state index in [0.717, 1.165) is 17.8 Å². The Morgan fingerprint density at radius 3 is 2.18 bits per heavy atom. The van der Waals surface area contributed by atoms with Crippen LogP contribution in [0.4, 0.5) is 26.0 Å². The number of anilines is 3. The van der Waals surface area contributed by atoms with E-state index in [9.17, 15) is 18.4 Å². The second-order valence-electron chi connectivity index (χ2n) is 5.71. The van der Waals surface area contributed by atoms with Gasteiger partial charge in [-0.1, -0.05) is 0 Å². The number of benzene rings is 2. The van der Waals surface area contributed by atoms with E-state index >= 15 is 0 Å². The first-order chi connectivity index (χ1) is 13.5. The highest BCUT2D eigenvalue weighted by atomic mass is 19.2. The first kappa shape index (κ1) is 19.0. The lowest BCUT2D eigenvalue weighted by Crippen LogP contribution is -2.13. The van der Waals surface area contributed by atoms with Gasteiger partial charge in [0, 0.05) is 11.3 Å². The second kappa shape index (κ2) is 8.26. The third kappa shape index (κ3) is 4.47. The molecule has 0 aliphatic rings. The van der Waals surface area contributed by atoms with Crippen LogP contribution in [0.3, 0.4) is 0 Å². The summed E-state index contributed by atoms with van der Waals surface area (Å²) in [5.74, 6) is -2.90. The van der Waals surface area contributed by atoms with E-state index < -0.39 is 23.5 Å². The number of esters is 1. The minimum atomic E-state index is -1.10. The Bertz CT molecular complexity index is 1010. The largest absolute Gasteiger partial charge is 0.465 e. The summed E-state index contributed by atoms with van der Waals surface area (Å²) in [5.41, 5.74) is 1.79. The smallest absolute Gasteiger partial charge is 0.337 e. The Labute approximate surface area is 159 Å². The van der Waals surface area contributed by atoms with Gasteiger partial charge in [-0.25, -0.2) is 18.6 Å². The average Bonchev–Trinajstić information content (AvgIpc) is 2.71. The zero-order chi connectivity index (χ0) is 20.1. The van der Waals surface area contributed by atoms with Crippen molar-refractivity contribution in [2.75, 3.05) is 17.7 Å². The van der Waals surface area contributed by atoms with Crippen LogP contribution in [-0.2, 0) is 4.74 Å². The van der Waals surface area contributed by atoms with Gasteiger partial charge in [0.2, 0.25) is 0 Å². The number of aromatic nitrogens is 1. The summed E-state index contributed by atoms with van der Waals surface area (Å²) in [6.45, 7) is 0. The van der Waals surface area contributed by atoms with Crippen LogP contribution in [0.25, 0.3) is 0 Å². The van der Waals surface area contributed by atoms with Crippen molar-refractivity contribution in [2.45, 2.75) is 0 Å². The minimum absolute atomic E-state index is 0.0198. The molecule has 1 aromatic heterocycles. The summed E-state index contributed by atoms with van der Waals surface area (Å²) in [4.78, 5) is 27.6. The van der Waals surface area contributed by atoms with E-state index in [1.165, 1.54) is 19.4 Å². The van der Waals surface area contributed by atoms with E-state index in [1.54, 1.807) is 36.4 Å². The molecule has 0 radical (unpaired) electrons. The molecular weight excluding hydrogens is 368 g/mol. The Morgan fingerprint density at radius 1 is 0.893 bits per heavy atom. The molecule has 0 aliphatic carbocycles. The number of methoxy groups -OCH3 is 1. The van der Waals surface area contributed by atoms with Gasteiger partial charge in [0.15, 0.2) is 11.6 Å². The van der Waals surface area contributed by atoms with Gasteiger partial charge in [-0.15, -0.1) is 0 Å². The fraction of sp³-hybridized carbons (Fsp3) is 0.0500. The van der Waals surface area contributed by atoms with E-state index in [1.807, 2.05) is 0 Å². The molecule has 0 bridgehead atoms. The second-order valence-corrected chi connectivity index (χ2v) is 5.71. The fourth-order valence-corrected chi connectivity index (χ4v) is 2.34. The van der Waals surface area contributed by atoms with Crippen molar-refractivity contribution in [3.8, 4) is 0 Å². The number of carbonyl (C=O) groups excluding carboxylic acids is 2. The Morgan fingerprint density at radius 2 is 1.57 bits per heavy atom. The van der Waals surface area contributed by atoms with Crippen LogP contribution in [0, 0.1) is 11.6 Å². The maximum Gasteiger partial charge on any atom is 0.337 e. The monoisotopic (exact) mass is 383 g/mol. The molecule has 3 rings (SSSR count). The van der Waals surface area contributed by atoms with E-state index in [0.29, 0.717) is 11.3 Å². The maximum atomic E-state index is 13.2. The van der Waals surface area contributed by atoms with Crippen molar-refractivity contribution in [1.82, 2.24) is 4.98 Å². The summed E-state index contributed by atoms with van der Waals surface area (Å²) in [5, 5.41) is 5.60. The van der Waals surface area contributed by atoms with Crippen LogP contribution < -0.4 is 10.6 Å². The number of nitrogens with zero attached hydrogens (tertiary/aromatic N) is 1. The molecule has 0 atom stereocenters. The summed E-state index contributed by atoms with van der Waals surface area (Å²) >= 11 is 0. The van der Waals surface area contributed by atoms with Crippen LogP contribution in [-0.4, -0.2) is 24.0 Å². The zero-order valence-electron chi connectivity index (χ0n) is 14.7. The maximum absolute atomic E-state index is 13.2. The molecule has 1 heterocycles. The van der Waals surface area contributed by atoms with Crippen molar-refractivity contribution >= 4 is 29.1 Å². The number of hydrogen-bond donors (Lipinski definition) is 2. The first-order valence-electron chi connectivity index (χ1n) is 8.14. The van der Waals surface area contributed by atoms with Crippen LogP contribution >= 0.6 is 0 Å². The molecule has 142 valence electrons. The van der Waals surface area contributed by atoms with Crippen molar-refractivity contribution in [3.63, 3.8) is 0 Å². The summed E-state index contributed by atoms with van der Waals surface area (Å²) < 4.78 is 30.8. The van der Waals surface area contributed by atoms with Gasteiger partial charge in [-0.05, 0) is 54.6 Å². The lowest BCUT2D eigenvalue weighted by Gasteiger charge is -2.09. The highest BCUT2D eigenvalue weighted by Crippen LogP contribution is 2.18. The van der Waals surface area contributed by atoms with Gasteiger partial charge in [-0.2, -0.15) is 0 Å². The molecule has 28 heavy (non-hydrogen) atoms. The normalized spacial score (nSPS) is 10.2. The fourth-order valence-electron chi connectivity index (χ4n) is 2.34. The first-order valence-corrected chi connectivity index (χ1v) is 8.14. The molecular formula is C20H15F2N3O3. The van der Waals surface area contributed by atoms with Crippen LogP contribution in [0.2, 0.25) is 0 Å². The Hall–Kier alpha value is -3.81. The third-order valence-corrected chi connectivity index (χ3v) is 3.78. The molecule has 3 aromatic rings. The highest BCUT2D eigenvalue weighted by molar-refractivity contribution is 6.03. The van der Waals surface area contributed by atoms with Gasteiger partial charge in [0.25, 0.3) is 5.91 Å². The number of hydrogen-bond acceptors (Lipinski definition) is 5. The molecule has 6 nitrogen and oxygen atoms in total. The predicted octanol–water partition coefficient (Wildman–Crippen LogP) is 4.14. The van der Waals surface area contributed by atoms with E-state index in [2.05, 4.69) is 20.4 Å². The van der Waals surface area contributed by atoms with Crippen LogP contribution in [0.15, 0.2) is 60.8 Å². The van der Waals surface area contributed by atoms with Crippen LogP contribution in [0.5, 0.6) is 0 Å². The molecule has 2 N–H and O–H groups in total. The molecule has 1 amide bonds. The van der Waals surface area contributed by atoms with Gasteiger partial charge in [0.05, 0.1) is 24.6 Å². The summed E-state index contributed by atoms with van der Waals surface area (Å²) in [6.07, 6.45) is 1.50. The van der Waals surface area contributed by atoms with Gasteiger partial charge in [0.1, 0.15) is 5.82 Å². The van der Waals surface area contributed by atoms with Crippen molar-refractivity contribution in [2.24, 2.45) is 0 Å². The number of carbonyl (C=O) groups is 2.